The first-order chi connectivity index (χ1) is 15.2. The van der Waals surface area contributed by atoms with Crippen LogP contribution in [0.5, 0.6) is 5.88 Å². The number of carbonyl (C=O) groups is 1. The Morgan fingerprint density at radius 2 is 1.81 bits per heavy atom. The normalized spacial score (nSPS) is 11.7. The molecule has 1 heterocycles. The number of aromatic nitrogens is 1. The van der Waals surface area contributed by atoms with Gasteiger partial charge in [0.25, 0.3) is 0 Å². The number of fused-ring (bicyclic) bond motifs is 3. The number of hydrogen-bond donors (Lipinski definition) is 1. The summed E-state index contributed by atoms with van der Waals surface area (Å²) in [5.74, 6) is 6.41. The summed E-state index contributed by atoms with van der Waals surface area (Å²) in [6.45, 7) is 0.664. The van der Waals surface area contributed by atoms with Gasteiger partial charge in [-0.3, -0.25) is 0 Å². The summed E-state index contributed by atoms with van der Waals surface area (Å²) in [7, 11) is 1.53. The van der Waals surface area contributed by atoms with Crippen molar-refractivity contribution in [2.75, 3.05) is 20.3 Å². The highest BCUT2D eigenvalue weighted by atomic mass is 35.5. The summed E-state index contributed by atoms with van der Waals surface area (Å²) in [4.78, 5) is 16.2. The molecule has 0 spiro atoms. The van der Waals surface area contributed by atoms with Gasteiger partial charge >= 0.3 is 6.09 Å². The van der Waals surface area contributed by atoms with Gasteiger partial charge in [-0.25, -0.2) is 9.78 Å². The summed E-state index contributed by atoms with van der Waals surface area (Å²) in [5, 5.41) is 3.23. The van der Waals surface area contributed by atoms with E-state index >= 15 is 0 Å². The van der Waals surface area contributed by atoms with E-state index in [1.54, 1.807) is 6.07 Å². The van der Waals surface area contributed by atoms with E-state index in [2.05, 4.69) is 46.4 Å². The van der Waals surface area contributed by atoms with Gasteiger partial charge in [-0.05, 0) is 28.3 Å². The molecule has 6 heteroatoms. The van der Waals surface area contributed by atoms with Gasteiger partial charge in [0.15, 0.2) is 0 Å². The smallest absolute Gasteiger partial charge is 0.407 e. The number of ether oxygens (including phenoxy) is 2. The Morgan fingerprint density at radius 1 is 1.13 bits per heavy atom. The van der Waals surface area contributed by atoms with Crippen molar-refractivity contribution in [2.45, 2.75) is 12.3 Å². The van der Waals surface area contributed by atoms with Crippen LogP contribution in [0.1, 0.15) is 29.0 Å². The number of carbonyl (C=O) groups excluding carboxylic acids is 1. The Hall–Kier alpha value is -3.49. The summed E-state index contributed by atoms with van der Waals surface area (Å²) < 4.78 is 10.7. The summed E-state index contributed by atoms with van der Waals surface area (Å²) >= 11 is 5.95. The third-order valence-corrected chi connectivity index (χ3v) is 5.30. The lowest BCUT2D eigenvalue weighted by molar-refractivity contribution is 0.143. The minimum atomic E-state index is -0.453. The van der Waals surface area contributed by atoms with E-state index in [1.807, 2.05) is 24.3 Å². The molecule has 1 aliphatic rings. The molecular formula is C25H21ClN2O3. The zero-order valence-electron chi connectivity index (χ0n) is 17.0. The Bertz CT molecular complexity index is 1120. The molecule has 2 aromatic carbocycles. The second-order valence-corrected chi connectivity index (χ2v) is 7.45. The molecule has 1 N–H and O–H groups in total. The zero-order valence-corrected chi connectivity index (χ0v) is 17.8. The fraction of sp³-hybridized carbons (Fsp3) is 0.200. The van der Waals surface area contributed by atoms with Crippen LogP contribution in [0.15, 0.2) is 60.8 Å². The van der Waals surface area contributed by atoms with Gasteiger partial charge in [-0.15, -0.1) is 0 Å². The Morgan fingerprint density at radius 3 is 2.48 bits per heavy atom. The number of nitrogens with one attached hydrogen (secondary N) is 1. The third kappa shape index (κ3) is 4.65. The highest BCUT2D eigenvalue weighted by Gasteiger charge is 2.28. The number of pyridine rings is 1. The van der Waals surface area contributed by atoms with E-state index < -0.39 is 6.09 Å². The number of rotatable bonds is 5. The van der Waals surface area contributed by atoms with Gasteiger partial charge in [-0.1, -0.05) is 72.0 Å². The van der Waals surface area contributed by atoms with E-state index in [9.17, 15) is 4.79 Å². The number of methoxy groups -OCH3 is 1. The highest BCUT2D eigenvalue weighted by Crippen LogP contribution is 2.44. The van der Waals surface area contributed by atoms with Crippen LogP contribution in [-0.2, 0) is 4.74 Å². The van der Waals surface area contributed by atoms with Crippen LogP contribution in [0.3, 0.4) is 0 Å². The van der Waals surface area contributed by atoms with Gasteiger partial charge in [0.1, 0.15) is 6.61 Å². The molecule has 3 aromatic rings. The molecule has 0 saturated heterocycles. The molecule has 1 amide bonds. The Kier molecular flexibility index (Phi) is 6.40. The minimum absolute atomic E-state index is 0.0423. The fourth-order valence-electron chi connectivity index (χ4n) is 3.71. The Labute approximate surface area is 186 Å². The summed E-state index contributed by atoms with van der Waals surface area (Å²) in [6.07, 6.45) is 1.51. The minimum Gasteiger partial charge on any atom is -0.480 e. The molecular weight excluding hydrogens is 412 g/mol. The van der Waals surface area contributed by atoms with Crippen LogP contribution in [0, 0.1) is 11.8 Å². The predicted molar refractivity (Wildman–Crippen MR) is 120 cm³/mol. The average Bonchev–Trinajstić information content (AvgIpc) is 3.11. The van der Waals surface area contributed by atoms with Gasteiger partial charge in [0.05, 0.1) is 17.7 Å². The molecule has 156 valence electrons. The quantitative estimate of drug-likeness (QED) is 0.454. The molecule has 0 aliphatic heterocycles. The molecule has 4 rings (SSSR count). The first-order valence-corrected chi connectivity index (χ1v) is 10.3. The van der Waals surface area contributed by atoms with Crippen LogP contribution in [0.25, 0.3) is 11.1 Å². The van der Waals surface area contributed by atoms with Crippen LogP contribution in [0.2, 0.25) is 5.02 Å². The van der Waals surface area contributed by atoms with Gasteiger partial charge in [0, 0.05) is 25.1 Å². The van der Waals surface area contributed by atoms with Crippen molar-refractivity contribution in [2.24, 2.45) is 0 Å². The topological polar surface area (TPSA) is 60.5 Å². The first-order valence-electron chi connectivity index (χ1n) is 9.94. The highest BCUT2D eigenvalue weighted by molar-refractivity contribution is 6.30. The molecule has 5 nitrogen and oxygen atoms in total. The van der Waals surface area contributed by atoms with Crippen LogP contribution in [-0.4, -0.2) is 31.3 Å². The maximum atomic E-state index is 12.2. The second kappa shape index (κ2) is 9.55. The van der Waals surface area contributed by atoms with Crippen molar-refractivity contribution in [3.63, 3.8) is 0 Å². The molecule has 0 saturated carbocycles. The van der Waals surface area contributed by atoms with Crippen molar-refractivity contribution in [1.29, 1.82) is 0 Å². The molecule has 0 unspecified atom stereocenters. The average molecular weight is 433 g/mol. The molecule has 0 radical (unpaired) electrons. The van der Waals surface area contributed by atoms with Crippen molar-refractivity contribution in [3.05, 3.63) is 82.5 Å². The third-order valence-electron chi connectivity index (χ3n) is 5.10. The lowest BCUT2D eigenvalue weighted by atomic mass is 9.98. The standard InChI is InChI=1S/C25H21ClN2O3/c1-30-24-17(14-18(26)15-28-24)8-6-7-13-27-25(29)31-16-23-21-11-4-2-9-19(21)20-10-3-5-12-22(20)23/h2-5,9-12,14-15,23H,7,13,16H2,1H3,(H,27,29). The SMILES string of the molecule is COc1ncc(Cl)cc1C#CCCNC(=O)OCC1c2ccccc2-c2ccccc21. The zero-order chi connectivity index (χ0) is 21.6. The summed E-state index contributed by atoms with van der Waals surface area (Å²) in [5.41, 5.74) is 5.38. The summed E-state index contributed by atoms with van der Waals surface area (Å²) in [6, 6.07) is 18.2. The van der Waals surface area contributed by atoms with E-state index in [4.69, 9.17) is 21.1 Å². The largest absolute Gasteiger partial charge is 0.480 e. The second-order valence-electron chi connectivity index (χ2n) is 7.01. The molecule has 0 fully saturated rings. The monoisotopic (exact) mass is 432 g/mol. The fourth-order valence-corrected chi connectivity index (χ4v) is 3.87. The van der Waals surface area contributed by atoms with Gasteiger partial charge in [0.2, 0.25) is 5.88 Å². The number of hydrogen-bond acceptors (Lipinski definition) is 4. The maximum Gasteiger partial charge on any atom is 0.407 e. The van der Waals surface area contributed by atoms with Gasteiger partial charge < -0.3 is 14.8 Å². The lowest BCUT2D eigenvalue weighted by Crippen LogP contribution is -2.26. The number of benzene rings is 2. The molecule has 0 bridgehead atoms. The van der Waals surface area contributed by atoms with Crippen LogP contribution < -0.4 is 10.1 Å². The van der Waals surface area contributed by atoms with Crippen LogP contribution >= 0.6 is 11.6 Å². The lowest BCUT2D eigenvalue weighted by Gasteiger charge is -2.14. The molecule has 31 heavy (non-hydrogen) atoms. The number of alkyl carbamates (subject to hydrolysis) is 1. The molecule has 1 aromatic heterocycles. The van der Waals surface area contributed by atoms with Crippen molar-refractivity contribution < 1.29 is 14.3 Å². The maximum absolute atomic E-state index is 12.2. The molecule has 1 aliphatic carbocycles. The van der Waals surface area contributed by atoms with E-state index in [0.29, 0.717) is 29.4 Å². The van der Waals surface area contributed by atoms with E-state index in [-0.39, 0.29) is 12.5 Å². The van der Waals surface area contributed by atoms with E-state index in [1.165, 1.54) is 35.6 Å². The van der Waals surface area contributed by atoms with Crippen molar-refractivity contribution in [3.8, 4) is 28.8 Å². The molecule has 0 atom stereocenters. The van der Waals surface area contributed by atoms with Crippen molar-refractivity contribution >= 4 is 17.7 Å². The Balaban J connectivity index is 1.30. The first kappa shape index (κ1) is 20.8. The van der Waals surface area contributed by atoms with Crippen LogP contribution in [0.4, 0.5) is 4.79 Å². The number of nitrogens with zero attached hydrogens (tertiary/aromatic N) is 1. The number of halogens is 1. The van der Waals surface area contributed by atoms with Crippen molar-refractivity contribution in [1.82, 2.24) is 10.3 Å². The van der Waals surface area contributed by atoms with Gasteiger partial charge in [-0.2, -0.15) is 0 Å². The predicted octanol–water partition coefficient (Wildman–Crippen LogP) is 5.02. The van der Waals surface area contributed by atoms with E-state index in [0.717, 1.165) is 0 Å². The number of amides is 1.